The summed E-state index contributed by atoms with van der Waals surface area (Å²) in [5.74, 6) is -0.0487. The highest BCUT2D eigenvalue weighted by atomic mass is 16.1. The fourth-order valence-corrected chi connectivity index (χ4v) is 3.00. The van der Waals surface area contributed by atoms with E-state index in [-0.39, 0.29) is 37.0 Å². The first-order chi connectivity index (χ1) is 14.8. The van der Waals surface area contributed by atoms with Crippen LogP contribution >= 0.6 is 0 Å². The molecular weight excluding hydrogens is 404 g/mol. The fourth-order valence-electron chi connectivity index (χ4n) is 3.00. The van der Waals surface area contributed by atoms with Gasteiger partial charge in [-0.25, -0.2) is 14.0 Å². The van der Waals surface area contributed by atoms with Crippen LogP contribution in [0.1, 0.15) is 37.9 Å². The van der Waals surface area contributed by atoms with Gasteiger partial charge in [0, 0.05) is 19.6 Å². The minimum atomic E-state index is -0.0162. The smallest absolute Gasteiger partial charge is 0.151 e. The zero-order chi connectivity index (χ0) is 22.4. The van der Waals surface area contributed by atoms with Gasteiger partial charge in [-0.05, 0) is 20.8 Å². The Morgan fingerprint density at radius 2 is 0.935 bits per heavy atom. The molecule has 0 unspecified atom stereocenters. The van der Waals surface area contributed by atoms with Crippen molar-refractivity contribution in [2.75, 3.05) is 0 Å². The second-order valence-corrected chi connectivity index (χ2v) is 7.47. The molecule has 0 N–H and O–H groups in total. The predicted molar refractivity (Wildman–Crippen MR) is 105 cm³/mol. The molecule has 0 fully saturated rings. The van der Waals surface area contributed by atoms with Crippen LogP contribution in [0.25, 0.3) is 0 Å². The average molecular weight is 428 g/mol. The Bertz CT molecular complexity index is 933. The zero-order valence-corrected chi connectivity index (χ0v) is 17.7. The van der Waals surface area contributed by atoms with Crippen molar-refractivity contribution in [1.29, 1.82) is 0 Å². The molecule has 0 atom stereocenters. The number of Topliss-reactive ketones (excluding diaryl/α,β-unsaturated/α-hetero) is 3. The predicted octanol–water partition coefficient (Wildman–Crippen LogP) is -0.569. The summed E-state index contributed by atoms with van der Waals surface area (Å²) in [6.45, 7) is 6.18. The SMILES string of the molecule is CC(=O)Cn1cc(CN(Cc2cn(CC(C)=O)nn2)Cc2cn(CC(C)=O)nn2)nn1. The van der Waals surface area contributed by atoms with Gasteiger partial charge in [0.15, 0.2) is 17.3 Å². The van der Waals surface area contributed by atoms with Gasteiger partial charge in [0.2, 0.25) is 0 Å². The van der Waals surface area contributed by atoms with Gasteiger partial charge in [-0.15, -0.1) is 15.3 Å². The molecule has 13 nitrogen and oxygen atoms in total. The van der Waals surface area contributed by atoms with Crippen molar-refractivity contribution in [3.63, 3.8) is 0 Å². The van der Waals surface area contributed by atoms with E-state index in [0.29, 0.717) is 36.7 Å². The highest BCUT2D eigenvalue weighted by molar-refractivity contribution is 5.75. The maximum absolute atomic E-state index is 11.3. The number of ketones is 3. The molecule has 0 saturated carbocycles. The molecule has 0 radical (unpaired) electrons. The van der Waals surface area contributed by atoms with Gasteiger partial charge in [-0.3, -0.25) is 19.3 Å². The Morgan fingerprint density at radius 1 is 0.645 bits per heavy atom. The second kappa shape index (κ2) is 9.93. The largest absolute Gasteiger partial charge is 0.298 e. The normalized spacial score (nSPS) is 11.2. The molecule has 0 aliphatic carbocycles. The van der Waals surface area contributed by atoms with Crippen LogP contribution < -0.4 is 0 Å². The average Bonchev–Trinajstić information content (AvgIpc) is 3.37. The van der Waals surface area contributed by atoms with E-state index in [4.69, 9.17) is 0 Å². The molecule has 3 aromatic rings. The fraction of sp³-hybridized carbons (Fsp3) is 0.500. The van der Waals surface area contributed by atoms with Gasteiger partial charge in [0.25, 0.3) is 0 Å². The Kier molecular flexibility index (Phi) is 7.07. The second-order valence-electron chi connectivity index (χ2n) is 7.47. The molecule has 0 aliphatic rings. The Balaban J connectivity index is 1.74. The Labute approximate surface area is 178 Å². The lowest BCUT2D eigenvalue weighted by Gasteiger charge is -2.18. The highest BCUT2D eigenvalue weighted by Gasteiger charge is 2.16. The molecule has 0 bridgehead atoms. The molecule has 0 aliphatic heterocycles. The summed E-state index contributed by atoms with van der Waals surface area (Å²) in [5, 5.41) is 24.3. The maximum atomic E-state index is 11.3. The molecule has 0 amide bonds. The molecule has 0 saturated heterocycles. The van der Waals surface area contributed by atoms with Crippen LogP contribution in [-0.2, 0) is 53.7 Å². The van der Waals surface area contributed by atoms with Crippen LogP contribution in [0.2, 0.25) is 0 Å². The van der Waals surface area contributed by atoms with E-state index < -0.39 is 0 Å². The van der Waals surface area contributed by atoms with Crippen LogP contribution in [-0.4, -0.2) is 67.2 Å². The third kappa shape index (κ3) is 6.99. The van der Waals surface area contributed by atoms with Gasteiger partial charge in [-0.1, -0.05) is 15.6 Å². The van der Waals surface area contributed by atoms with Crippen molar-refractivity contribution >= 4 is 17.3 Å². The topological polar surface area (TPSA) is 147 Å². The van der Waals surface area contributed by atoms with Crippen LogP contribution in [0.3, 0.4) is 0 Å². The van der Waals surface area contributed by atoms with E-state index in [9.17, 15) is 14.4 Å². The molecule has 3 aromatic heterocycles. The first-order valence-corrected chi connectivity index (χ1v) is 9.64. The van der Waals surface area contributed by atoms with Gasteiger partial charge in [-0.2, -0.15) is 0 Å². The van der Waals surface area contributed by atoms with E-state index in [0.717, 1.165) is 0 Å². The third-order valence-electron chi connectivity index (χ3n) is 4.07. The van der Waals surface area contributed by atoms with Crippen molar-refractivity contribution in [2.24, 2.45) is 0 Å². The standard InChI is InChI=1S/C18H24N10O3/c1-13(29)4-26-10-16(19-22-26)7-25(8-17-11-27(23-20-17)5-14(2)30)9-18-12-28(24-21-18)6-15(3)31/h10-12H,4-9H2,1-3H3. The molecule has 0 spiro atoms. The summed E-state index contributed by atoms with van der Waals surface area (Å²) in [6, 6.07) is 0. The summed E-state index contributed by atoms with van der Waals surface area (Å²) in [4.78, 5) is 35.9. The number of hydrogen-bond donors (Lipinski definition) is 0. The van der Waals surface area contributed by atoms with Crippen LogP contribution in [0.5, 0.6) is 0 Å². The zero-order valence-electron chi connectivity index (χ0n) is 17.7. The number of carbonyl (C=O) groups is 3. The maximum Gasteiger partial charge on any atom is 0.151 e. The van der Waals surface area contributed by atoms with Gasteiger partial charge in [0.1, 0.15) is 19.6 Å². The molecular formula is C18H24N10O3. The van der Waals surface area contributed by atoms with Crippen molar-refractivity contribution in [3.8, 4) is 0 Å². The summed E-state index contributed by atoms with van der Waals surface area (Å²) >= 11 is 0. The van der Waals surface area contributed by atoms with E-state index in [2.05, 4.69) is 30.9 Å². The van der Waals surface area contributed by atoms with Crippen molar-refractivity contribution in [3.05, 3.63) is 35.7 Å². The van der Waals surface area contributed by atoms with Gasteiger partial charge >= 0.3 is 0 Å². The number of rotatable bonds is 12. The monoisotopic (exact) mass is 428 g/mol. The molecule has 0 aromatic carbocycles. The molecule has 31 heavy (non-hydrogen) atoms. The lowest BCUT2D eigenvalue weighted by Crippen LogP contribution is -2.23. The number of nitrogens with zero attached hydrogens (tertiary/aromatic N) is 10. The molecule has 164 valence electrons. The molecule has 3 heterocycles. The molecule has 13 heteroatoms. The van der Waals surface area contributed by atoms with Gasteiger partial charge < -0.3 is 0 Å². The molecule has 3 rings (SSSR count). The van der Waals surface area contributed by atoms with E-state index in [1.54, 1.807) is 18.6 Å². The number of aromatic nitrogens is 9. The first kappa shape index (κ1) is 22.1. The summed E-state index contributed by atoms with van der Waals surface area (Å²) in [6.07, 6.45) is 5.15. The highest BCUT2D eigenvalue weighted by Crippen LogP contribution is 2.11. The van der Waals surface area contributed by atoms with Crippen LogP contribution in [0.4, 0.5) is 0 Å². The quantitative estimate of drug-likeness (QED) is 0.367. The van der Waals surface area contributed by atoms with Crippen molar-refractivity contribution < 1.29 is 14.4 Å². The van der Waals surface area contributed by atoms with Gasteiger partial charge in [0.05, 0.1) is 35.7 Å². The van der Waals surface area contributed by atoms with Crippen molar-refractivity contribution in [1.82, 2.24) is 49.9 Å². The first-order valence-electron chi connectivity index (χ1n) is 9.64. The number of hydrogen-bond acceptors (Lipinski definition) is 10. The summed E-state index contributed by atoms with van der Waals surface area (Å²) < 4.78 is 4.46. The third-order valence-corrected chi connectivity index (χ3v) is 4.07. The van der Waals surface area contributed by atoms with Crippen LogP contribution in [0.15, 0.2) is 18.6 Å². The Morgan fingerprint density at radius 3 is 1.19 bits per heavy atom. The summed E-state index contributed by atoms with van der Waals surface area (Å²) in [7, 11) is 0. The van der Waals surface area contributed by atoms with Crippen LogP contribution in [0, 0.1) is 0 Å². The summed E-state index contributed by atoms with van der Waals surface area (Å²) in [5.41, 5.74) is 2.02. The minimum Gasteiger partial charge on any atom is -0.298 e. The van der Waals surface area contributed by atoms with E-state index in [1.165, 1.54) is 34.8 Å². The Hall–Kier alpha value is -3.61. The number of carbonyl (C=O) groups excluding carboxylic acids is 3. The van der Waals surface area contributed by atoms with E-state index in [1.807, 2.05) is 4.90 Å². The minimum absolute atomic E-state index is 0.0162. The lowest BCUT2D eigenvalue weighted by molar-refractivity contribution is -0.118. The van der Waals surface area contributed by atoms with Crippen molar-refractivity contribution in [2.45, 2.75) is 60.0 Å². The van der Waals surface area contributed by atoms with E-state index >= 15 is 0 Å². The lowest BCUT2D eigenvalue weighted by atomic mass is 10.3.